The van der Waals surface area contributed by atoms with E-state index in [-0.39, 0.29) is 6.10 Å². The van der Waals surface area contributed by atoms with Crippen molar-refractivity contribution in [3.8, 4) is 17.0 Å². The van der Waals surface area contributed by atoms with Crippen LogP contribution in [0, 0.1) is 0 Å². The molecule has 0 amide bonds. The number of benzene rings is 1. The van der Waals surface area contributed by atoms with E-state index >= 15 is 0 Å². The number of ether oxygens (including phenoxy) is 1. The maximum absolute atomic E-state index is 10.8. The van der Waals surface area contributed by atoms with E-state index in [0.717, 1.165) is 23.3 Å². The number of aryl methyl sites for hydroxylation is 1. The summed E-state index contributed by atoms with van der Waals surface area (Å²) in [5.74, 6) is 0.834. The number of aldehydes is 1. The lowest BCUT2D eigenvalue weighted by Gasteiger charge is -2.09. The average Bonchev–Trinajstić information content (AvgIpc) is 2.71. The molecule has 0 aliphatic heterocycles. The molecule has 1 aromatic carbocycles. The van der Waals surface area contributed by atoms with Crippen LogP contribution >= 0.6 is 0 Å². The van der Waals surface area contributed by atoms with Gasteiger partial charge in [0.1, 0.15) is 11.4 Å². The molecule has 4 heteroatoms. The fraction of sp³-hybridized carbons (Fsp3) is 0.286. The Morgan fingerprint density at radius 3 is 2.44 bits per heavy atom. The summed E-state index contributed by atoms with van der Waals surface area (Å²) in [4.78, 5) is 10.8. The molecule has 0 saturated carbocycles. The van der Waals surface area contributed by atoms with Gasteiger partial charge in [0.25, 0.3) is 0 Å². The Hall–Kier alpha value is -2.10. The Bertz CT molecular complexity index is 541. The van der Waals surface area contributed by atoms with Gasteiger partial charge in [-0.1, -0.05) is 0 Å². The lowest BCUT2D eigenvalue weighted by atomic mass is 10.1. The van der Waals surface area contributed by atoms with Crippen molar-refractivity contribution in [2.24, 2.45) is 7.05 Å². The van der Waals surface area contributed by atoms with Gasteiger partial charge in [-0.3, -0.25) is 9.48 Å². The van der Waals surface area contributed by atoms with Crippen molar-refractivity contribution >= 4 is 6.29 Å². The number of hydrogen-bond acceptors (Lipinski definition) is 3. The molecule has 4 nitrogen and oxygen atoms in total. The first kappa shape index (κ1) is 12.4. The van der Waals surface area contributed by atoms with Gasteiger partial charge in [0.15, 0.2) is 6.29 Å². The minimum absolute atomic E-state index is 0.160. The molecule has 0 aliphatic rings. The van der Waals surface area contributed by atoms with Crippen molar-refractivity contribution in [3.63, 3.8) is 0 Å². The molecule has 0 fully saturated rings. The summed E-state index contributed by atoms with van der Waals surface area (Å²) < 4.78 is 7.14. The standard InChI is InChI=1S/C14H16N2O2/c1-10(2)18-13-6-4-11(5-7-13)14-8-12(9-17)16(3)15-14/h4-10H,1-3H3. The second-order valence-corrected chi connectivity index (χ2v) is 4.39. The molecule has 2 aromatic rings. The highest BCUT2D eigenvalue weighted by Gasteiger charge is 2.06. The Balaban J connectivity index is 2.25. The van der Waals surface area contributed by atoms with E-state index in [0.29, 0.717) is 5.69 Å². The van der Waals surface area contributed by atoms with Crippen molar-refractivity contribution in [2.45, 2.75) is 20.0 Å². The van der Waals surface area contributed by atoms with E-state index in [4.69, 9.17) is 4.74 Å². The van der Waals surface area contributed by atoms with Gasteiger partial charge in [-0.05, 0) is 44.2 Å². The van der Waals surface area contributed by atoms with Crippen molar-refractivity contribution < 1.29 is 9.53 Å². The van der Waals surface area contributed by atoms with Crippen LogP contribution in [0.15, 0.2) is 30.3 Å². The molecular weight excluding hydrogens is 228 g/mol. The highest BCUT2D eigenvalue weighted by atomic mass is 16.5. The normalized spacial score (nSPS) is 10.7. The fourth-order valence-corrected chi connectivity index (χ4v) is 1.71. The molecule has 0 atom stereocenters. The van der Waals surface area contributed by atoms with Gasteiger partial charge in [-0.25, -0.2) is 0 Å². The van der Waals surface area contributed by atoms with Gasteiger partial charge in [0.2, 0.25) is 0 Å². The predicted molar refractivity (Wildman–Crippen MR) is 69.8 cm³/mol. The molecule has 0 radical (unpaired) electrons. The molecule has 0 unspecified atom stereocenters. The number of rotatable bonds is 4. The highest BCUT2D eigenvalue weighted by molar-refractivity contribution is 5.75. The molecule has 1 aromatic heterocycles. The number of carbonyl (C=O) groups is 1. The smallest absolute Gasteiger partial charge is 0.168 e. The average molecular weight is 244 g/mol. The van der Waals surface area contributed by atoms with Crippen molar-refractivity contribution in [3.05, 3.63) is 36.0 Å². The fourth-order valence-electron chi connectivity index (χ4n) is 1.71. The quantitative estimate of drug-likeness (QED) is 0.777. The maximum Gasteiger partial charge on any atom is 0.168 e. The third-order valence-corrected chi connectivity index (χ3v) is 2.56. The van der Waals surface area contributed by atoms with Crippen LogP contribution < -0.4 is 4.74 Å². The summed E-state index contributed by atoms with van der Waals surface area (Å²) in [6.45, 7) is 3.98. The van der Waals surface area contributed by atoms with E-state index in [2.05, 4.69) is 5.10 Å². The van der Waals surface area contributed by atoms with Crippen LogP contribution in [-0.2, 0) is 7.05 Å². The lowest BCUT2D eigenvalue weighted by Crippen LogP contribution is -2.05. The first-order valence-corrected chi connectivity index (χ1v) is 5.86. The second kappa shape index (κ2) is 5.04. The molecule has 0 N–H and O–H groups in total. The molecule has 0 spiro atoms. The van der Waals surface area contributed by atoms with Crippen molar-refractivity contribution in [1.82, 2.24) is 9.78 Å². The van der Waals surface area contributed by atoms with Crippen LogP contribution in [0.2, 0.25) is 0 Å². The molecular formula is C14H16N2O2. The largest absolute Gasteiger partial charge is 0.491 e. The van der Waals surface area contributed by atoms with Gasteiger partial charge in [0, 0.05) is 12.6 Å². The minimum atomic E-state index is 0.160. The zero-order valence-corrected chi connectivity index (χ0v) is 10.8. The number of hydrogen-bond donors (Lipinski definition) is 0. The second-order valence-electron chi connectivity index (χ2n) is 4.39. The number of nitrogens with zero attached hydrogens (tertiary/aromatic N) is 2. The third kappa shape index (κ3) is 2.59. The monoisotopic (exact) mass is 244 g/mol. The topological polar surface area (TPSA) is 44.1 Å². The highest BCUT2D eigenvalue weighted by Crippen LogP contribution is 2.22. The molecule has 0 aliphatic carbocycles. The Labute approximate surface area is 106 Å². The first-order valence-electron chi connectivity index (χ1n) is 5.86. The summed E-state index contributed by atoms with van der Waals surface area (Å²) in [6, 6.07) is 9.46. The maximum atomic E-state index is 10.8. The van der Waals surface area contributed by atoms with Crippen LogP contribution in [0.1, 0.15) is 24.3 Å². The number of aromatic nitrogens is 2. The summed E-state index contributed by atoms with van der Waals surface area (Å²) in [5.41, 5.74) is 2.32. The molecule has 2 rings (SSSR count). The van der Waals surface area contributed by atoms with Crippen LogP contribution in [0.5, 0.6) is 5.75 Å². The van der Waals surface area contributed by atoms with E-state index in [9.17, 15) is 4.79 Å². The third-order valence-electron chi connectivity index (χ3n) is 2.56. The number of carbonyl (C=O) groups excluding carboxylic acids is 1. The van der Waals surface area contributed by atoms with Crippen molar-refractivity contribution in [1.29, 1.82) is 0 Å². The lowest BCUT2D eigenvalue weighted by molar-refractivity contribution is 0.111. The van der Waals surface area contributed by atoms with Gasteiger partial charge in [-0.15, -0.1) is 0 Å². The van der Waals surface area contributed by atoms with Gasteiger partial charge in [-0.2, -0.15) is 5.10 Å². The van der Waals surface area contributed by atoms with Crippen LogP contribution in [0.25, 0.3) is 11.3 Å². The molecule has 18 heavy (non-hydrogen) atoms. The van der Waals surface area contributed by atoms with E-state index in [1.807, 2.05) is 38.1 Å². The van der Waals surface area contributed by atoms with Crippen LogP contribution in [0.4, 0.5) is 0 Å². The Morgan fingerprint density at radius 2 is 1.94 bits per heavy atom. The Kier molecular flexibility index (Phi) is 3.46. The Morgan fingerprint density at radius 1 is 1.28 bits per heavy atom. The SMILES string of the molecule is CC(C)Oc1ccc(-c2cc(C=O)n(C)n2)cc1. The summed E-state index contributed by atoms with van der Waals surface area (Å²) >= 11 is 0. The van der Waals surface area contributed by atoms with Crippen LogP contribution in [0.3, 0.4) is 0 Å². The zero-order valence-electron chi connectivity index (χ0n) is 10.8. The summed E-state index contributed by atoms with van der Waals surface area (Å²) in [6.07, 6.45) is 0.958. The van der Waals surface area contributed by atoms with Gasteiger partial charge >= 0.3 is 0 Å². The summed E-state index contributed by atoms with van der Waals surface area (Å²) in [7, 11) is 1.75. The minimum Gasteiger partial charge on any atom is -0.491 e. The zero-order chi connectivity index (χ0) is 13.1. The molecule has 94 valence electrons. The van der Waals surface area contributed by atoms with E-state index in [1.54, 1.807) is 17.8 Å². The van der Waals surface area contributed by atoms with E-state index < -0.39 is 0 Å². The van der Waals surface area contributed by atoms with Crippen LogP contribution in [-0.4, -0.2) is 22.2 Å². The summed E-state index contributed by atoms with van der Waals surface area (Å²) in [5, 5.41) is 4.29. The van der Waals surface area contributed by atoms with E-state index in [1.165, 1.54) is 0 Å². The predicted octanol–water partition coefficient (Wildman–Crippen LogP) is 2.69. The van der Waals surface area contributed by atoms with Crippen molar-refractivity contribution in [2.75, 3.05) is 0 Å². The molecule has 0 saturated heterocycles. The molecule has 1 heterocycles. The molecule has 0 bridgehead atoms. The van der Waals surface area contributed by atoms with Gasteiger partial charge < -0.3 is 4.74 Å². The first-order chi connectivity index (χ1) is 8.60. The van der Waals surface area contributed by atoms with Gasteiger partial charge in [0.05, 0.1) is 11.8 Å².